The molecule has 2 heterocycles. The van der Waals surface area contributed by atoms with Crippen molar-refractivity contribution in [1.82, 2.24) is 4.57 Å². The first-order valence-electron chi connectivity index (χ1n) is 20.6. The van der Waals surface area contributed by atoms with E-state index in [0.29, 0.717) is 0 Å². The molecule has 0 aliphatic heterocycles. The van der Waals surface area contributed by atoms with Crippen LogP contribution in [0.2, 0.25) is 0 Å². The Morgan fingerprint density at radius 2 is 0.915 bits per heavy atom. The van der Waals surface area contributed by atoms with Crippen molar-refractivity contribution in [2.45, 2.75) is 19.3 Å². The zero-order chi connectivity index (χ0) is 39.0. The second-order valence-corrected chi connectivity index (χ2v) is 17.8. The summed E-state index contributed by atoms with van der Waals surface area (Å²) in [5.41, 5.74) is 14.1. The summed E-state index contributed by atoms with van der Waals surface area (Å²) in [6, 6.07) is 70.4. The van der Waals surface area contributed by atoms with Crippen LogP contribution in [0.25, 0.3) is 113 Å². The molecule has 1 nitrogen and oxygen atoms in total. The molecule has 1 aliphatic rings. The van der Waals surface area contributed by atoms with Gasteiger partial charge >= 0.3 is 0 Å². The van der Waals surface area contributed by atoms with Crippen molar-refractivity contribution < 1.29 is 0 Å². The van der Waals surface area contributed by atoms with Crippen molar-refractivity contribution in [1.29, 1.82) is 0 Å². The zero-order valence-electron chi connectivity index (χ0n) is 32.8. The summed E-state index contributed by atoms with van der Waals surface area (Å²) in [5.74, 6) is 0. The van der Waals surface area contributed by atoms with Gasteiger partial charge in [-0.3, -0.25) is 0 Å². The van der Waals surface area contributed by atoms with Crippen molar-refractivity contribution in [2.24, 2.45) is 0 Å². The minimum Gasteiger partial charge on any atom is -0.308 e. The molecule has 2 aromatic heterocycles. The highest BCUT2D eigenvalue weighted by Gasteiger charge is 2.35. The average molecular weight is 768 g/mol. The van der Waals surface area contributed by atoms with Crippen LogP contribution in [0.1, 0.15) is 25.0 Å². The van der Waals surface area contributed by atoms with Gasteiger partial charge in [-0.25, -0.2) is 0 Å². The Morgan fingerprint density at radius 3 is 1.69 bits per heavy atom. The second kappa shape index (κ2) is 12.0. The van der Waals surface area contributed by atoms with Crippen LogP contribution in [-0.2, 0) is 5.41 Å². The lowest BCUT2D eigenvalue weighted by Gasteiger charge is -2.22. The van der Waals surface area contributed by atoms with E-state index in [2.05, 4.69) is 206 Å². The van der Waals surface area contributed by atoms with E-state index >= 15 is 0 Å². The molecule has 0 radical (unpaired) electrons. The van der Waals surface area contributed by atoms with Crippen LogP contribution >= 0.6 is 11.3 Å². The summed E-state index contributed by atoms with van der Waals surface area (Å²) in [6.07, 6.45) is 0. The summed E-state index contributed by atoms with van der Waals surface area (Å²) < 4.78 is 5.25. The molecule has 1 aliphatic carbocycles. The van der Waals surface area contributed by atoms with Crippen molar-refractivity contribution in [3.63, 3.8) is 0 Å². The van der Waals surface area contributed by atoms with E-state index in [9.17, 15) is 0 Å². The number of rotatable bonds is 3. The molecule has 276 valence electrons. The van der Waals surface area contributed by atoms with E-state index < -0.39 is 0 Å². The number of benzene rings is 10. The fraction of sp³-hybridized carbons (Fsp3) is 0.0526. The highest BCUT2D eigenvalue weighted by Crippen LogP contribution is 2.53. The van der Waals surface area contributed by atoms with Crippen molar-refractivity contribution in [3.05, 3.63) is 199 Å². The molecule has 13 rings (SSSR count). The first kappa shape index (κ1) is 33.0. The maximum Gasteiger partial charge on any atom is 0.0627 e. The number of thiophene rings is 1. The normalized spacial score (nSPS) is 13.4. The zero-order valence-corrected chi connectivity index (χ0v) is 33.6. The number of nitrogens with zero attached hydrogens (tertiary/aromatic N) is 1. The monoisotopic (exact) mass is 767 g/mol. The predicted octanol–water partition coefficient (Wildman–Crippen LogP) is 16.3. The SMILES string of the molecule is CC1(C)c2ccccc2-c2ccc(-c3ccc4sc5c6ccccc6c6c(c5c4c3)c3c4ccccc4c4ccccc4c3n6-c3ccc(-c4ccccc4)cc3)cc21. The van der Waals surface area contributed by atoms with Crippen LogP contribution in [0.15, 0.2) is 188 Å². The lowest BCUT2D eigenvalue weighted by Crippen LogP contribution is -2.14. The van der Waals surface area contributed by atoms with Crippen LogP contribution < -0.4 is 0 Å². The Kier molecular flexibility index (Phi) is 6.73. The van der Waals surface area contributed by atoms with E-state index in [4.69, 9.17) is 0 Å². The van der Waals surface area contributed by atoms with Gasteiger partial charge in [0.1, 0.15) is 0 Å². The van der Waals surface area contributed by atoms with Crippen LogP contribution in [0.5, 0.6) is 0 Å². The summed E-state index contributed by atoms with van der Waals surface area (Å²) in [6.45, 7) is 4.75. The van der Waals surface area contributed by atoms with E-state index in [-0.39, 0.29) is 5.41 Å². The van der Waals surface area contributed by atoms with E-state index in [0.717, 1.165) is 5.69 Å². The number of hydrogen-bond acceptors (Lipinski definition) is 1. The largest absolute Gasteiger partial charge is 0.308 e. The van der Waals surface area contributed by atoms with Gasteiger partial charge in [0.15, 0.2) is 0 Å². The Balaban J connectivity index is 1.18. The summed E-state index contributed by atoms with van der Waals surface area (Å²) >= 11 is 1.93. The molecule has 0 fully saturated rings. The average Bonchev–Trinajstić information content (AvgIpc) is 3.93. The van der Waals surface area contributed by atoms with Gasteiger partial charge in [0.2, 0.25) is 0 Å². The van der Waals surface area contributed by atoms with Crippen LogP contribution in [-0.4, -0.2) is 4.57 Å². The standard InChI is InChI=1S/C57H37NS/c1-57(2)48-23-13-12-18-41(48)42-30-26-37(33-49(42)57)36-27-31-50-47(32-36)52-53-51-43-19-8-6-16-39(43)40-17-7-9-20-44(40)54(51)58(55(53)45-21-10-11-22-46(45)56(52)59-50)38-28-24-35(25-29-38)34-14-4-3-5-15-34/h3-33H,1-2H3. The third-order valence-electron chi connectivity index (χ3n) is 13.4. The van der Waals surface area contributed by atoms with Crippen LogP contribution in [0.4, 0.5) is 0 Å². The molecule has 0 amide bonds. The number of aromatic nitrogens is 1. The first-order valence-corrected chi connectivity index (χ1v) is 21.4. The van der Waals surface area contributed by atoms with Gasteiger partial charge in [0, 0.05) is 58.2 Å². The van der Waals surface area contributed by atoms with E-state index in [1.807, 2.05) is 11.3 Å². The topological polar surface area (TPSA) is 4.93 Å². The molecule has 0 saturated carbocycles. The van der Waals surface area contributed by atoms with E-state index in [1.54, 1.807) is 0 Å². The highest BCUT2D eigenvalue weighted by molar-refractivity contribution is 7.27. The van der Waals surface area contributed by atoms with Gasteiger partial charge in [-0.15, -0.1) is 11.3 Å². The van der Waals surface area contributed by atoms with E-state index in [1.165, 1.54) is 119 Å². The lowest BCUT2D eigenvalue weighted by molar-refractivity contribution is 0.660. The van der Waals surface area contributed by atoms with Crippen LogP contribution in [0.3, 0.4) is 0 Å². The summed E-state index contributed by atoms with van der Waals surface area (Å²) in [5, 5.41) is 13.0. The summed E-state index contributed by atoms with van der Waals surface area (Å²) in [4.78, 5) is 0. The molecule has 2 heteroatoms. The van der Waals surface area contributed by atoms with Gasteiger partial charge in [-0.1, -0.05) is 172 Å². The Morgan fingerprint density at radius 1 is 0.373 bits per heavy atom. The van der Waals surface area contributed by atoms with Gasteiger partial charge in [-0.05, 0) is 91.0 Å². The highest BCUT2D eigenvalue weighted by atomic mass is 32.1. The lowest BCUT2D eigenvalue weighted by atomic mass is 9.81. The Hall–Kier alpha value is -7.00. The first-order chi connectivity index (χ1) is 29.0. The number of fused-ring (bicyclic) bond motifs is 18. The minimum absolute atomic E-state index is 0.0584. The maximum atomic E-state index is 2.59. The van der Waals surface area contributed by atoms with Crippen LogP contribution in [0, 0.1) is 0 Å². The maximum absolute atomic E-state index is 2.59. The molecule has 59 heavy (non-hydrogen) atoms. The Bertz CT molecular complexity index is 3730. The van der Waals surface area contributed by atoms with Gasteiger partial charge in [0.25, 0.3) is 0 Å². The molecule has 0 bridgehead atoms. The fourth-order valence-electron chi connectivity index (χ4n) is 10.6. The quantitative estimate of drug-likeness (QED) is 0.158. The smallest absolute Gasteiger partial charge is 0.0627 e. The summed E-state index contributed by atoms with van der Waals surface area (Å²) in [7, 11) is 0. The fourth-order valence-corrected chi connectivity index (χ4v) is 11.9. The third-order valence-corrected chi connectivity index (χ3v) is 14.6. The molecular formula is C57H37NS. The Labute approximate surface area is 346 Å². The van der Waals surface area contributed by atoms with Gasteiger partial charge < -0.3 is 4.57 Å². The molecule has 0 atom stereocenters. The van der Waals surface area contributed by atoms with Gasteiger partial charge in [-0.2, -0.15) is 0 Å². The third kappa shape index (κ3) is 4.50. The molecular weight excluding hydrogens is 731 g/mol. The molecule has 12 aromatic rings. The molecule has 0 spiro atoms. The molecule has 0 saturated heterocycles. The van der Waals surface area contributed by atoms with Crippen molar-refractivity contribution in [2.75, 3.05) is 0 Å². The van der Waals surface area contributed by atoms with Crippen molar-refractivity contribution >= 4 is 85.6 Å². The van der Waals surface area contributed by atoms with Gasteiger partial charge in [0.05, 0.1) is 11.0 Å². The molecule has 10 aromatic carbocycles. The predicted molar refractivity (Wildman–Crippen MR) is 255 cm³/mol. The number of hydrogen-bond donors (Lipinski definition) is 0. The van der Waals surface area contributed by atoms with Crippen molar-refractivity contribution in [3.8, 4) is 39.1 Å². The minimum atomic E-state index is -0.0584. The second-order valence-electron chi connectivity index (χ2n) is 16.8. The molecule has 0 N–H and O–H groups in total. The molecule has 0 unspecified atom stereocenters.